The molecular weight excluding hydrogens is 217 g/mol. The van der Waals surface area contributed by atoms with Gasteiger partial charge in [-0.25, -0.2) is 0 Å². The Kier molecular flexibility index (Phi) is 3.18. The summed E-state index contributed by atoms with van der Waals surface area (Å²) in [6.45, 7) is 3.76. The number of rotatable bonds is 3. The van der Waals surface area contributed by atoms with Gasteiger partial charge in [0.2, 0.25) is 0 Å². The van der Waals surface area contributed by atoms with E-state index in [9.17, 15) is 13.2 Å². The average molecular weight is 236 g/mol. The predicted molar refractivity (Wildman–Crippen MR) is 56.3 cm³/mol. The van der Waals surface area contributed by atoms with Gasteiger partial charge in [0.05, 0.1) is 0 Å². The molecule has 2 aliphatic rings. The first-order valence-electron chi connectivity index (χ1n) is 6.07. The maximum atomic E-state index is 13.3. The van der Waals surface area contributed by atoms with E-state index in [1.54, 1.807) is 0 Å². The largest absolute Gasteiger partial charge is 0.408 e. The SMILES string of the molecule is CCCNC1(C(F)(F)F)CCN2CCCC21. The van der Waals surface area contributed by atoms with Crippen LogP contribution in [0.4, 0.5) is 13.2 Å². The number of alkyl halides is 3. The summed E-state index contributed by atoms with van der Waals surface area (Å²) < 4.78 is 39.9. The Morgan fingerprint density at radius 2 is 2.12 bits per heavy atom. The van der Waals surface area contributed by atoms with Crippen molar-refractivity contribution in [1.82, 2.24) is 10.2 Å². The topological polar surface area (TPSA) is 15.3 Å². The molecule has 2 rings (SSSR count). The lowest BCUT2D eigenvalue weighted by Gasteiger charge is -2.38. The minimum absolute atomic E-state index is 0.209. The van der Waals surface area contributed by atoms with E-state index in [4.69, 9.17) is 0 Å². The van der Waals surface area contributed by atoms with E-state index in [-0.39, 0.29) is 12.5 Å². The Labute approximate surface area is 94.2 Å². The van der Waals surface area contributed by atoms with Crippen molar-refractivity contribution in [2.45, 2.75) is 50.4 Å². The van der Waals surface area contributed by atoms with E-state index < -0.39 is 11.7 Å². The van der Waals surface area contributed by atoms with Gasteiger partial charge in [-0.15, -0.1) is 0 Å². The molecule has 16 heavy (non-hydrogen) atoms. The molecule has 2 heterocycles. The van der Waals surface area contributed by atoms with Gasteiger partial charge < -0.3 is 5.32 Å². The minimum atomic E-state index is -4.13. The van der Waals surface area contributed by atoms with Gasteiger partial charge >= 0.3 is 6.18 Å². The van der Waals surface area contributed by atoms with Crippen LogP contribution in [0.15, 0.2) is 0 Å². The summed E-state index contributed by atoms with van der Waals surface area (Å²) in [6.07, 6.45) is -1.61. The molecule has 2 saturated heterocycles. The summed E-state index contributed by atoms with van der Waals surface area (Å²) in [5.74, 6) is 0. The van der Waals surface area contributed by atoms with Gasteiger partial charge in [0.1, 0.15) is 5.54 Å². The molecule has 2 aliphatic heterocycles. The fraction of sp³-hybridized carbons (Fsp3) is 1.00. The van der Waals surface area contributed by atoms with Crippen molar-refractivity contribution in [3.05, 3.63) is 0 Å². The smallest absolute Gasteiger partial charge is 0.302 e. The molecule has 2 nitrogen and oxygen atoms in total. The van der Waals surface area contributed by atoms with Crippen molar-refractivity contribution >= 4 is 0 Å². The molecule has 0 spiro atoms. The van der Waals surface area contributed by atoms with E-state index in [2.05, 4.69) is 5.32 Å². The van der Waals surface area contributed by atoms with E-state index in [0.29, 0.717) is 19.5 Å². The van der Waals surface area contributed by atoms with Crippen LogP contribution in [-0.2, 0) is 0 Å². The van der Waals surface area contributed by atoms with Gasteiger partial charge in [0.15, 0.2) is 0 Å². The molecule has 0 radical (unpaired) electrons. The van der Waals surface area contributed by atoms with Crippen LogP contribution in [0.3, 0.4) is 0 Å². The highest BCUT2D eigenvalue weighted by atomic mass is 19.4. The Morgan fingerprint density at radius 3 is 2.75 bits per heavy atom. The summed E-state index contributed by atoms with van der Waals surface area (Å²) in [5.41, 5.74) is -1.64. The third kappa shape index (κ3) is 1.74. The standard InChI is InChI=1S/C11H19F3N2/c1-2-6-15-10(11(12,13)14)5-8-16-7-3-4-9(10)16/h9,15H,2-8H2,1H3. The fourth-order valence-electron chi connectivity index (χ4n) is 3.12. The molecule has 2 atom stereocenters. The van der Waals surface area contributed by atoms with Crippen LogP contribution in [0.2, 0.25) is 0 Å². The van der Waals surface area contributed by atoms with E-state index in [1.807, 2.05) is 11.8 Å². The van der Waals surface area contributed by atoms with Crippen LogP contribution in [0.1, 0.15) is 32.6 Å². The summed E-state index contributed by atoms with van der Waals surface area (Å²) >= 11 is 0. The monoisotopic (exact) mass is 236 g/mol. The first kappa shape index (κ1) is 12.2. The highest BCUT2D eigenvalue weighted by Crippen LogP contribution is 2.45. The number of halogens is 3. The van der Waals surface area contributed by atoms with Gasteiger partial charge in [-0.1, -0.05) is 6.92 Å². The van der Waals surface area contributed by atoms with Gasteiger partial charge in [-0.05, 0) is 38.8 Å². The van der Waals surface area contributed by atoms with Crippen LogP contribution in [0.25, 0.3) is 0 Å². The minimum Gasteiger partial charge on any atom is -0.302 e. The molecule has 5 heteroatoms. The molecule has 0 aromatic carbocycles. The van der Waals surface area contributed by atoms with Crippen molar-refractivity contribution in [3.8, 4) is 0 Å². The van der Waals surface area contributed by atoms with Crippen LogP contribution >= 0.6 is 0 Å². The van der Waals surface area contributed by atoms with E-state index in [1.165, 1.54) is 0 Å². The molecule has 2 fully saturated rings. The normalized spacial score (nSPS) is 35.6. The molecule has 0 saturated carbocycles. The lowest BCUT2D eigenvalue weighted by Crippen LogP contribution is -2.62. The summed E-state index contributed by atoms with van der Waals surface area (Å²) in [5, 5.41) is 2.79. The van der Waals surface area contributed by atoms with Gasteiger partial charge in [0, 0.05) is 12.6 Å². The maximum absolute atomic E-state index is 13.3. The first-order chi connectivity index (χ1) is 7.51. The highest BCUT2D eigenvalue weighted by molar-refractivity contribution is 5.11. The second-order valence-corrected chi connectivity index (χ2v) is 4.84. The molecule has 0 aromatic heterocycles. The lowest BCUT2D eigenvalue weighted by molar-refractivity contribution is -0.202. The summed E-state index contributed by atoms with van der Waals surface area (Å²) in [4.78, 5) is 2.00. The zero-order valence-electron chi connectivity index (χ0n) is 9.61. The molecule has 0 aromatic rings. The molecule has 94 valence electrons. The van der Waals surface area contributed by atoms with Crippen molar-refractivity contribution < 1.29 is 13.2 Å². The predicted octanol–water partition coefficient (Wildman–Crippen LogP) is 2.16. The van der Waals surface area contributed by atoms with Crippen molar-refractivity contribution in [2.75, 3.05) is 19.6 Å². The van der Waals surface area contributed by atoms with Gasteiger partial charge in [0.25, 0.3) is 0 Å². The lowest BCUT2D eigenvalue weighted by atomic mass is 9.87. The number of nitrogens with zero attached hydrogens (tertiary/aromatic N) is 1. The van der Waals surface area contributed by atoms with Crippen molar-refractivity contribution in [1.29, 1.82) is 0 Å². The fourth-order valence-corrected chi connectivity index (χ4v) is 3.12. The number of nitrogens with one attached hydrogen (secondary N) is 1. The third-order valence-electron chi connectivity index (χ3n) is 3.92. The quantitative estimate of drug-likeness (QED) is 0.807. The Bertz CT molecular complexity index is 254. The molecular formula is C11H19F3N2. The average Bonchev–Trinajstić information content (AvgIpc) is 2.74. The Hall–Kier alpha value is -0.290. The highest BCUT2D eigenvalue weighted by Gasteiger charge is 2.63. The first-order valence-corrected chi connectivity index (χ1v) is 6.07. The van der Waals surface area contributed by atoms with Crippen LogP contribution in [0.5, 0.6) is 0 Å². The zero-order valence-corrected chi connectivity index (χ0v) is 9.61. The summed E-state index contributed by atoms with van der Waals surface area (Å²) in [7, 11) is 0. The Morgan fingerprint density at radius 1 is 1.38 bits per heavy atom. The molecule has 0 bridgehead atoms. The molecule has 0 aliphatic carbocycles. The zero-order chi connectivity index (χ0) is 11.8. The van der Waals surface area contributed by atoms with E-state index in [0.717, 1.165) is 19.4 Å². The second kappa shape index (κ2) is 4.18. The van der Waals surface area contributed by atoms with Gasteiger partial charge in [-0.3, -0.25) is 4.90 Å². The van der Waals surface area contributed by atoms with E-state index >= 15 is 0 Å². The third-order valence-corrected chi connectivity index (χ3v) is 3.92. The van der Waals surface area contributed by atoms with Crippen LogP contribution < -0.4 is 5.32 Å². The summed E-state index contributed by atoms with van der Waals surface area (Å²) in [6, 6.07) is -0.334. The van der Waals surface area contributed by atoms with Crippen molar-refractivity contribution in [2.24, 2.45) is 0 Å². The number of fused-ring (bicyclic) bond motifs is 1. The molecule has 2 unspecified atom stereocenters. The van der Waals surface area contributed by atoms with Crippen LogP contribution in [-0.4, -0.2) is 42.3 Å². The number of hydrogen-bond donors (Lipinski definition) is 1. The van der Waals surface area contributed by atoms with Gasteiger partial charge in [-0.2, -0.15) is 13.2 Å². The second-order valence-electron chi connectivity index (χ2n) is 4.84. The van der Waals surface area contributed by atoms with Crippen LogP contribution in [0, 0.1) is 0 Å². The molecule has 1 N–H and O–H groups in total. The Balaban J connectivity index is 2.21. The van der Waals surface area contributed by atoms with Crippen molar-refractivity contribution in [3.63, 3.8) is 0 Å². The maximum Gasteiger partial charge on any atom is 0.408 e. The number of hydrogen-bond acceptors (Lipinski definition) is 2. The molecule has 0 amide bonds.